The Kier molecular flexibility index (Phi) is 2.51. The maximum absolute atomic E-state index is 10.4. The van der Waals surface area contributed by atoms with Gasteiger partial charge in [0.15, 0.2) is 0 Å². The fraction of sp³-hybridized carbons (Fsp3) is 0.833. The molecule has 1 rings (SSSR count). The summed E-state index contributed by atoms with van der Waals surface area (Å²) in [5, 5.41) is 8.57. The number of hydrogen-bond acceptors (Lipinski definition) is 2. The Morgan fingerprint density at radius 2 is 2.40 bits per heavy atom. The first-order chi connectivity index (χ1) is 4.70. The van der Waals surface area contributed by atoms with Crippen molar-refractivity contribution < 1.29 is 9.90 Å². The van der Waals surface area contributed by atoms with Crippen LogP contribution in [0.1, 0.15) is 12.8 Å². The van der Waals surface area contributed by atoms with Gasteiger partial charge in [0.05, 0.1) is 5.92 Å². The number of nitrogens with zero attached hydrogens (tertiary/aromatic N) is 1. The van der Waals surface area contributed by atoms with Gasteiger partial charge in [0.25, 0.3) is 0 Å². The van der Waals surface area contributed by atoms with Crippen molar-refractivity contribution in [2.24, 2.45) is 5.92 Å². The van der Waals surface area contributed by atoms with E-state index in [0.29, 0.717) is 6.54 Å². The van der Waals surface area contributed by atoms with Gasteiger partial charge in [-0.1, -0.05) is 0 Å². The van der Waals surface area contributed by atoms with Gasteiger partial charge in [-0.15, -0.1) is 0 Å². The van der Waals surface area contributed by atoms with E-state index in [4.69, 9.17) is 16.9 Å². The van der Waals surface area contributed by atoms with Crippen LogP contribution in [0.25, 0.3) is 0 Å². The first-order valence-corrected chi connectivity index (χ1v) is 3.67. The van der Waals surface area contributed by atoms with Gasteiger partial charge in [-0.2, -0.15) is 0 Å². The van der Waals surface area contributed by atoms with Crippen LogP contribution in [0.5, 0.6) is 0 Å². The van der Waals surface area contributed by atoms with Crippen molar-refractivity contribution in [1.29, 1.82) is 0 Å². The van der Waals surface area contributed by atoms with Gasteiger partial charge in [-0.05, 0) is 24.6 Å². The van der Waals surface area contributed by atoms with Crippen LogP contribution < -0.4 is 0 Å². The molecule has 0 aromatic rings. The monoisotopic (exact) mass is 163 g/mol. The first-order valence-electron chi connectivity index (χ1n) is 3.33. The Morgan fingerprint density at radius 1 is 1.70 bits per heavy atom. The predicted molar refractivity (Wildman–Crippen MR) is 37.8 cm³/mol. The molecule has 10 heavy (non-hydrogen) atoms. The summed E-state index contributed by atoms with van der Waals surface area (Å²) in [4.78, 5) is 10.4. The minimum Gasteiger partial charge on any atom is -0.481 e. The third-order valence-corrected chi connectivity index (χ3v) is 2.03. The van der Waals surface area contributed by atoms with E-state index in [0.717, 1.165) is 19.4 Å². The van der Waals surface area contributed by atoms with Crippen LogP contribution >= 0.6 is 11.8 Å². The molecule has 1 aliphatic heterocycles. The molecular formula is C6H10ClNO2. The molecule has 3 nitrogen and oxygen atoms in total. The lowest BCUT2D eigenvalue weighted by molar-refractivity contribution is -0.142. The Morgan fingerprint density at radius 3 is 2.80 bits per heavy atom. The molecule has 1 heterocycles. The van der Waals surface area contributed by atoms with E-state index in [1.165, 1.54) is 0 Å². The molecule has 1 atom stereocenters. The average Bonchev–Trinajstić information content (AvgIpc) is 1.88. The number of rotatable bonds is 1. The van der Waals surface area contributed by atoms with Crippen molar-refractivity contribution in [3.8, 4) is 0 Å². The smallest absolute Gasteiger partial charge is 0.307 e. The summed E-state index contributed by atoms with van der Waals surface area (Å²) in [6.45, 7) is 1.29. The van der Waals surface area contributed by atoms with Crippen molar-refractivity contribution >= 4 is 17.7 Å². The SMILES string of the molecule is O=C(O)C1CCCN(Cl)C1. The second-order valence-corrected chi connectivity index (χ2v) is 3.02. The molecule has 0 aromatic carbocycles. The van der Waals surface area contributed by atoms with E-state index in [9.17, 15) is 4.79 Å². The van der Waals surface area contributed by atoms with Gasteiger partial charge < -0.3 is 5.11 Å². The third kappa shape index (κ3) is 1.85. The number of aliphatic carboxylic acids is 1. The van der Waals surface area contributed by atoms with E-state index < -0.39 is 5.97 Å². The lowest BCUT2D eigenvalue weighted by atomic mass is 10.0. The molecule has 0 amide bonds. The highest BCUT2D eigenvalue weighted by Gasteiger charge is 2.23. The molecule has 58 valence electrons. The summed E-state index contributed by atoms with van der Waals surface area (Å²) < 4.78 is 1.54. The fourth-order valence-corrected chi connectivity index (χ4v) is 1.42. The quantitative estimate of drug-likeness (QED) is 0.585. The van der Waals surface area contributed by atoms with E-state index in [2.05, 4.69) is 0 Å². The molecule has 1 aliphatic rings. The largest absolute Gasteiger partial charge is 0.481 e. The van der Waals surface area contributed by atoms with Crippen molar-refractivity contribution in [1.82, 2.24) is 4.42 Å². The number of carbonyl (C=O) groups is 1. The Hall–Kier alpha value is -0.280. The summed E-state index contributed by atoms with van der Waals surface area (Å²) in [5.41, 5.74) is 0. The van der Waals surface area contributed by atoms with Crippen molar-refractivity contribution in [2.75, 3.05) is 13.1 Å². The lowest BCUT2D eigenvalue weighted by Gasteiger charge is -2.24. The van der Waals surface area contributed by atoms with Gasteiger partial charge in [0.2, 0.25) is 0 Å². The number of carboxylic acid groups (broad SMARTS) is 1. The van der Waals surface area contributed by atoms with Crippen LogP contribution in [0.2, 0.25) is 0 Å². The van der Waals surface area contributed by atoms with Crippen LogP contribution in [0.3, 0.4) is 0 Å². The van der Waals surface area contributed by atoms with Gasteiger partial charge in [0, 0.05) is 13.1 Å². The zero-order valence-corrected chi connectivity index (χ0v) is 6.34. The van der Waals surface area contributed by atoms with Crippen LogP contribution in [0.4, 0.5) is 0 Å². The van der Waals surface area contributed by atoms with E-state index >= 15 is 0 Å². The van der Waals surface area contributed by atoms with Crippen LogP contribution in [-0.2, 0) is 4.79 Å². The highest BCUT2D eigenvalue weighted by Crippen LogP contribution is 2.17. The van der Waals surface area contributed by atoms with E-state index in [-0.39, 0.29) is 5.92 Å². The molecule has 1 fully saturated rings. The Labute approximate surface area is 64.7 Å². The topological polar surface area (TPSA) is 40.5 Å². The lowest BCUT2D eigenvalue weighted by Crippen LogP contribution is -2.32. The van der Waals surface area contributed by atoms with Gasteiger partial charge in [0.1, 0.15) is 0 Å². The molecule has 0 aromatic heterocycles. The minimum atomic E-state index is -0.731. The molecule has 0 aliphatic carbocycles. The number of piperidine rings is 1. The van der Waals surface area contributed by atoms with E-state index in [1.807, 2.05) is 0 Å². The molecule has 1 unspecified atom stereocenters. The molecule has 0 radical (unpaired) electrons. The highest BCUT2D eigenvalue weighted by atomic mass is 35.5. The molecule has 1 N–H and O–H groups in total. The van der Waals surface area contributed by atoms with Crippen LogP contribution in [0, 0.1) is 5.92 Å². The van der Waals surface area contributed by atoms with Crippen molar-refractivity contribution in [2.45, 2.75) is 12.8 Å². The maximum Gasteiger partial charge on any atom is 0.307 e. The molecule has 0 bridgehead atoms. The summed E-state index contributed by atoms with van der Waals surface area (Å²) >= 11 is 5.63. The maximum atomic E-state index is 10.4. The summed E-state index contributed by atoms with van der Waals surface area (Å²) in [6.07, 6.45) is 1.65. The third-order valence-electron chi connectivity index (χ3n) is 1.72. The zero-order valence-electron chi connectivity index (χ0n) is 5.59. The first kappa shape index (κ1) is 7.82. The highest BCUT2D eigenvalue weighted by molar-refractivity contribution is 6.13. The fourth-order valence-electron chi connectivity index (χ4n) is 1.13. The number of hydrogen-bond donors (Lipinski definition) is 1. The van der Waals surface area contributed by atoms with Crippen LogP contribution in [-0.4, -0.2) is 28.6 Å². The summed E-state index contributed by atoms with van der Waals surface area (Å²) in [7, 11) is 0. The summed E-state index contributed by atoms with van der Waals surface area (Å²) in [6, 6.07) is 0. The summed E-state index contributed by atoms with van der Waals surface area (Å²) in [5.74, 6) is -0.989. The molecule has 0 spiro atoms. The van der Waals surface area contributed by atoms with Crippen molar-refractivity contribution in [3.63, 3.8) is 0 Å². The van der Waals surface area contributed by atoms with Gasteiger partial charge >= 0.3 is 5.97 Å². The molecular weight excluding hydrogens is 154 g/mol. The second-order valence-electron chi connectivity index (χ2n) is 2.55. The predicted octanol–water partition coefficient (Wildman–Crippen LogP) is 0.937. The Balaban J connectivity index is 2.39. The second kappa shape index (κ2) is 3.21. The van der Waals surface area contributed by atoms with Gasteiger partial charge in [-0.3, -0.25) is 4.79 Å². The minimum absolute atomic E-state index is 0.258. The van der Waals surface area contributed by atoms with Gasteiger partial charge in [-0.25, -0.2) is 4.42 Å². The standard InChI is InChI=1S/C6H10ClNO2/c7-8-3-1-2-5(4-8)6(9)10/h5H,1-4H2,(H,9,10). The Bertz CT molecular complexity index is 140. The molecule has 0 saturated carbocycles. The van der Waals surface area contributed by atoms with Crippen molar-refractivity contribution in [3.05, 3.63) is 0 Å². The average molecular weight is 164 g/mol. The number of halogens is 1. The normalized spacial score (nSPS) is 28.3. The number of carboxylic acids is 1. The van der Waals surface area contributed by atoms with E-state index in [1.54, 1.807) is 4.42 Å². The van der Waals surface area contributed by atoms with Crippen LogP contribution in [0.15, 0.2) is 0 Å². The molecule has 4 heteroatoms. The zero-order chi connectivity index (χ0) is 7.56. The molecule has 1 saturated heterocycles.